The molecule has 2 heterocycles. The second kappa shape index (κ2) is 9.23. The van der Waals surface area contributed by atoms with E-state index in [9.17, 15) is 14.4 Å². The highest BCUT2D eigenvalue weighted by Crippen LogP contribution is 2.38. The van der Waals surface area contributed by atoms with Crippen molar-refractivity contribution in [2.24, 2.45) is 5.41 Å². The zero-order valence-electron chi connectivity index (χ0n) is 20.8. The van der Waals surface area contributed by atoms with Crippen LogP contribution >= 0.6 is 0 Å². The Balaban J connectivity index is 1.66. The molecule has 2 saturated heterocycles. The lowest BCUT2D eigenvalue weighted by Crippen LogP contribution is -2.62. The number of fused-ring (bicyclic) bond motifs is 2. The fourth-order valence-corrected chi connectivity index (χ4v) is 4.61. The molecule has 8 heteroatoms. The van der Waals surface area contributed by atoms with Crippen LogP contribution in [0.4, 0.5) is 9.59 Å². The largest absolute Gasteiger partial charge is 0.445 e. The molecule has 0 aliphatic carbocycles. The molecule has 3 rings (SSSR count). The summed E-state index contributed by atoms with van der Waals surface area (Å²) >= 11 is 0. The molecule has 2 bridgehead atoms. The lowest BCUT2D eigenvalue weighted by Gasteiger charge is -2.42. The molecule has 8 nitrogen and oxygen atoms in total. The van der Waals surface area contributed by atoms with Gasteiger partial charge in [0.2, 0.25) is 5.91 Å². The van der Waals surface area contributed by atoms with Gasteiger partial charge in [-0.05, 0) is 45.1 Å². The summed E-state index contributed by atoms with van der Waals surface area (Å²) < 4.78 is 10.9. The summed E-state index contributed by atoms with van der Waals surface area (Å²) in [7, 11) is 0. The van der Waals surface area contributed by atoms with Crippen LogP contribution in [0.15, 0.2) is 30.3 Å². The third kappa shape index (κ3) is 5.78. The van der Waals surface area contributed by atoms with E-state index in [1.165, 1.54) is 0 Å². The molecule has 1 aromatic rings. The first kappa shape index (κ1) is 24.9. The zero-order chi connectivity index (χ0) is 24.6. The van der Waals surface area contributed by atoms with Crippen LogP contribution < -0.4 is 5.32 Å². The second-order valence-electron chi connectivity index (χ2n) is 11.1. The first-order valence-corrected chi connectivity index (χ1v) is 11.6. The highest BCUT2D eigenvalue weighted by atomic mass is 16.6. The minimum atomic E-state index is -0.752. The fourth-order valence-electron chi connectivity index (χ4n) is 4.61. The first-order chi connectivity index (χ1) is 15.3. The van der Waals surface area contributed by atoms with Gasteiger partial charge in [-0.25, -0.2) is 9.59 Å². The van der Waals surface area contributed by atoms with Gasteiger partial charge in [0.05, 0.1) is 12.1 Å². The molecule has 2 aliphatic rings. The molecule has 4 unspecified atom stereocenters. The molecule has 33 heavy (non-hydrogen) atoms. The van der Waals surface area contributed by atoms with Gasteiger partial charge in [0.1, 0.15) is 18.2 Å². The number of amides is 3. The molecule has 0 saturated carbocycles. The van der Waals surface area contributed by atoms with Crippen LogP contribution in [0.25, 0.3) is 0 Å². The number of carbonyl (C=O) groups excluding carboxylic acids is 3. The maximum atomic E-state index is 13.6. The van der Waals surface area contributed by atoms with Crippen molar-refractivity contribution in [2.45, 2.75) is 91.3 Å². The molecule has 1 aromatic carbocycles. The van der Waals surface area contributed by atoms with Crippen molar-refractivity contribution in [3.05, 3.63) is 35.9 Å². The van der Waals surface area contributed by atoms with E-state index in [4.69, 9.17) is 9.47 Å². The van der Waals surface area contributed by atoms with Crippen LogP contribution in [0, 0.1) is 5.41 Å². The molecule has 2 fully saturated rings. The number of alkyl carbamates (subject to hydrolysis) is 1. The number of benzene rings is 1. The predicted molar refractivity (Wildman–Crippen MR) is 124 cm³/mol. The first-order valence-electron chi connectivity index (χ1n) is 11.6. The summed E-state index contributed by atoms with van der Waals surface area (Å²) in [6.45, 7) is 13.8. The summed E-state index contributed by atoms with van der Waals surface area (Å²) in [5.41, 5.74) is -0.215. The monoisotopic (exact) mass is 459 g/mol. The highest BCUT2D eigenvalue weighted by Gasteiger charge is 2.54. The lowest BCUT2D eigenvalue weighted by atomic mass is 9.85. The number of piperazine rings is 1. The Morgan fingerprint density at radius 3 is 2.27 bits per heavy atom. The molecule has 0 spiro atoms. The van der Waals surface area contributed by atoms with Gasteiger partial charge in [-0.2, -0.15) is 0 Å². The summed E-state index contributed by atoms with van der Waals surface area (Å²) in [5, 5.41) is 2.79. The van der Waals surface area contributed by atoms with Crippen LogP contribution in [0.2, 0.25) is 0 Å². The number of nitrogens with zero attached hydrogens (tertiary/aromatic N) is 2. The quantitative estimate of drug-likeness (QED) is 0.737. The number of rotatable bonds is 4. The van der Waals surface area contributed by atoms with Crippen LogP contribution in [0.1, 0.15) is 60.5 Å². The average molecular weight is 460 g/mol. The van der Waals surface area contributed by atoms with Crippen LogP contribution in [-0.2, 0) is 20.9 Å². The van der Waals surface area contributed by atoms with Crippen molar-refractivity contribution < 1.29 is 23.9 Å². The number of likely N-dealkylation sites (tertiary alicyclic amines) is 2. The fraction of sp³-hybridized carbons (Fsp3) is 0.640. The maximum Gasteiger partial charge on any atom is 0.410 e. The second-order valence-corrected chi connectivity index (χ2v) is 11.1. The normalized spacial score (nSPS) is 23.3. The average Bonchev–Trinajstić information content (AvgIpc) is 3.27. The van der Waals surface area contributed by atoms with Gasteiger partial charge >= 0.3 is 12.2 Å². The Hall–Kier alpha value is -2.77. The van der Waals surface area contributed by atoms with E-state index in [1.54, 1.807) is 4.90 Å². The van der Waals surface area contributed by atoms with Gasteiger partial charge in [-0.1, -0.05) is 51.1 Å². The van der Waals surface area contributed by atoms with Crippen molar-refractivity contribution >= 4 is 18.1 Å². The SMILES string of the molecule is CC1C2CC(CN2C(=O)OC(C)(C)C)N1C(=O)C(NC(=O)OCc1ccccc1)C(C)(C)C. The van der Waals surface area contributed by atoms with E-state index >= 15 is 0 Å². The third-order valence-corrected chi connectivity index (χ3v) is 6.18. The smallest absolute Gasteiger partial charge is 0.410 e. The van der Waals surface area contributed by atoms with Gasteiger partial charge < -0.3 is 24.6 Å². The summed E-state index contributed by atoms with van der Waals surface area (Å²) in [6, 6.07) is 8.28. The topological polar surface area (TPSA) is 88.2 Å². The number of carbonyl (C=O) groups is 3. The van der Waals surface area contributed by atoms with Gasteiger partial charge in [-0.3, -0.25) is 4.79 Å². The molecule has 2 aliphatic heterocycles. The Kier molecular flexibility index (Phi) is 6.96. The predicted octanol–water partition coefficient (Wildman–Crippen LogP) is 3.94. The molecule has 0 radical (unpaired) electrons. The number of ether oxygens (including phenoxy) is 2. The van der Waals surface area contributed by atoms with Crippen LogP contribution in [-0.4, -0.2) is 64.2 Å². The van der Waals surface area contributed by atoms with Crippen molar-refractivity contribution in [1.29, 1.82) is 0 Å². The number of hydrogen-bond donors (Lipinski definition) is 1. The van der Waals surface area contributed by atoms with Crippen molar-refractivity contribution in [1.82, 2.24) is 15.1 Å². The van der Waals surface area contributed by atoms with Crippen molar-refractivity contribution in [2.75, 3.05) is 6.54 Å². The summed E-state index contributed by atoms with van der Waals surface area (Å²) in [4.78, 5) is 42.4. The van der Waals surface area contributed by atoms with Gasteiger partial charge in [0, 0.05) is 12.6 Å². The standard InChI is InChI=1S/C25H37N3O5/c1-16-19-13-18(14-27(19)23(31)33-25(5,6)7)28(16)21(29)20(24(2,3)4)26-22(30)32-15-17-11-9-8-10-12-17/h8-12,16,18-20H,13-15H2,1-7H3,(H,26,30). The maximum absolute atomic E-state index is 13.6. The van der Waals surface area contributed by atoms with E-state index in [-0.39, 0.29) is 36.7 Å². The molecular weight excluding hydrogens is 422 g/mol. The minimum Gasteiger partial charge on any atom is -0.445 e. The molecule has 4 atom stereocenters. The van der Waals surface area contributed by atoms with E-state index in [1.807, 2.05) is 83.7 Å². The van der Waals surface area contributed by atoms with Gasteiger partial charge in [-0.15, -0.1) is 0 Å². The summed E-state index contributed by atoms with van der Waals surface area (Å²) in [6.07, 6.45) is -0.259. The lowest BCUT2D eigenvalue weighted by molar-refractivity contribution is -0.141. The van der Waals surface area contributed by atoms with Crippen LogP contribution in [0.3, 0.4) is 0 Å². The molecular formula is C25H37N3O5. The molecule has 0 aromatic heterocycles. The molecule has 1 N–H and O–H groups in total. The molecule has 182 valence electrons. The zero-order valence-corrected chi connectivity index (χ0v) is 20.8. The van der Waals surface area contributed by atoms with Gasteiger partial charge in [0.15, 0.2) is 0 Å². The Bertz CT molecular complexity index is 872. The minimum absolute atomic E-state index is 0.0977. The van der Waals surface area contributed by atoms with Gasteiger partial charge in [0.25, 0.3) is 0 Å². The number of nitrogens with one attached hydrogen (secondary N) is 1. The van der Waals surface area contributed by atoms with Crippen molar-refractivity contribution in [3.63, 3.8) is 0 Å². The third-order valence-electron chi connectivity index (χ3n) is 6.18. The Morgan fingerprint density at radius 1 is 1.09 bits per heavy atom. The number of hydrogen-bond acceptors (Lipinski definition) is 5. The van der Waals surface area contributed by atoms with Crippen LogP contribution in [0.5, 0.6) is 0 Å². The Labute approximate surface area is 196 Å². The Morgan fingerprint density at radius 2 is 1.73 bits per heavy atom. The summed E-state index contributed by atoms with van der Waals surface area (Å²) in [5.74, 6) is -0.150. The van der Waals surface area contributed by atoms with E-state index in [0.717, 1.165) is 5.56 Å². The van der Waals surface area contributed by atoms with E-state index in [0.29, 0.717) is 13.0 Å². The van der Waals surface area contributed by atoms with Crippen molar-refractivity contribution in [3.8, 4) is 0 Å². The highest BCUT2D eigenvalue weighted by molar-refractivity contribution is 5.87. The van der Waals surface area contributed by atoms with E-state index in [2.05, 4.69) is 5.32 Å². The molecule has 3 amide bonds. The van der Waals surface area contributed by atoms with E-state index < -0.39 is 23.2 Å².